The topological polar surface area (TPSA) is 50.8 Å². The molecule has 4 heteroatoms. The van der Waals surface area contributed by atoms with Gasteiger partial charge in [0.1, 0.15) is 5.82 Å². The van der Waals surface area contributed by atoms with E-state index >= 15 is 0 Å². The van der Waals surface area contributed by atoms with Crippen LogP contribution in [0.25, 0.3) is 11.1 Å². The molecule has 0 amide bonds. The second kappa shape index (κ2) is 8.61. The highest BCUT2D eigenvalue weighted by atomic mass is 19.1. The number of rotatable bonds is 2. The van der Waals surface area contributed by atoms with E-state index in [-0.39, 0.29) is 11.1 Å². The van der Waals surface area contributed by atoms with Gasteiger partial charge >= 0.3 is 0 Å². The third-order valence-electron chi connectivity index (χ3n) is 6.12. The SMILES string of the molecule is N#Cc1cc(F)cc(C#N)c1-c1ccc(N2c3ccccc3CCCc3ccccc32)cc1. The second-order valence-electron chi connectivity index (χ2n) is 8.09. The van der Waals surface area contributed by atoms with Gasteiger partial charge in [0.15, 0.2) is 0 Å². The zero-order valence-corrected chi connectivity index (χ0v) is 17.9. The summed E-state index contributed by atoms with van der Waals surface area (Å²) in [5, 5.41) is 19.0. The van der Waals surface area contributed by atoms with Crippen LogP contribution in [-0.2, 0) is 12.8 Å². The van der Waals surface area contributed by atoms with Crippen molar-refractivity contribution < 1.29 is 4.39 Å². The van der Waals surface area contributed by atoms with E-state index < -0.39 is 5.82 Å². The summed E-state index contributed by atoms with van der Waals surface area (Å²) >= 11 is 0. The fraction of sp³-hybridized carbons (Fsp3) is 0.103. The van der Waals surface area contributed by atoms with E-state index in [1.807, 2.05) is 36.4 Å². The van der Waals surface area contributed by atoms with Gasteiger partial charge in [-0.2, -0.15) is 10.5 Å². The van der Waals surface area contributed by atoms with Crippen LogP contribution in [0.3, 0.4) is 0 Å². The maximum atomic E-state index is 13.8. The molecule has 1 aliphatic heterocycles. The van der Waals surface area contributed by atoms with Gasteiger partial charge in [-0.15, -0.1) is 0 Å². The van der Waals surface area contributed by atoms with Crippen molar-refractivity contribution in [2.45, 2.75) is 19.3 Å². The molecule has 0 spiro atoms. The van der Waals surface area contributed by atoms with Crippen LogP contribution in [0.1, 0.15) is 28.7 Å². The van der Waals surface area contributed by atoms with E-state index in [0.717, 1.165) is 36.3 Å². The van der Waals surface area contributed by atoms with Crippen molar-refractivity contribution in [1.82, 2.24) is 0 Å². The number of benzene rings is 4. The molecule has 0 aliphatic carbocycles. The predicted octanol–water partition coefficient (Wildman–Crippen LogP) is 7.19. The predicted molar refractivity (Wildman–Crippen MR) is 128 cm³/mol. The number of para-hydroxylation sites is 2. The molecule has 4 aromatic carbocycles. The first kappa shape index (κ1) is 20.5. The van der Waals surface area contributed by atoms with E-state index in [1.165, 1.54) is 23.3 Å². The van der Waals surface area contributed by atoms with Crippen molar-refractivity contribution in [3.8, 4) is 23.3 Å². The van der Waals surface area contributed by atoms with E-state index in [9.17, 15) is 14.9 Å². The van der Waals surface area contributed by atoms with Crippen molar-refractivity contribution in [2.24, 2.45) is 0 Å². The van der Waals surface area contributed by atoms with Gasteiger partial charge in [0, 0.05) is 22.6 Å². The highest BCUT2D eigenvalue weighted by molar-refractivity contribution is 5.83. The van der Waals surface area contributed by atoms with Gasteiger partial charge in [0.25, 0.3) is 0 Å². The lowest BCUT2D eigenvalue weighted by molar-refractivity contribution is 0.627. The Morgan fingerprint density at radius 3 is 1.73 bits per heavy atom. The van der Waals surface area contributed by atoms with Crippen LogP contribution in [0.4, 0.5) is 21.5 Å². The minimum absolute atomic E-state index is 0.154. The molecular formula is C29H20FN3. The summed E-state index contributed by atoms with van der Waals surface area (Å²) in [7, 11) is 0. The molecule has 33 heavy (non-hydrogen) atoms. The molecule has 0 atom stereocenters. The van der Waals surface area contributed by atoms with Gasteiger partial charge < -0.3 is 4.90 Å². The summed E-state index contributed by atoms with van der Waals surface area (Å²) in [4.78, 5) is 2.27. The Balaban J connectivity index is 1.66. The van der Waals surface area contributed by atoms with Crippen molar-refractivity contribution >= 4 is 17.1 Å². The summed E-state index contributed by atoms with van der Waals surface area (Å²) < 4.78 is 13.8. The lowest BCUT2D eigenvalue weighted by Crippen LogP contribution is -2.16. The maximum Gasteiger partial charge on any atom is 0.125 e. The van der Waals surface area contributed by atoms with Gasteiger partial charge in [-0.1, -0.05) is 48.5 Å². The molecule has 0 fully saturated rings. The lowest BCUT2D eigenvalue weighted by atomic mass is 9.94. The molecule has 3 nitrogen and oxygen atoms in total. The van der Waals surface area contributed by atoms with Crippen molar-refractivity contribution in [3.63, 3.8) is 0 Å². The van der Waals surface area contributed by atoms with E-state index in [4.69, 9.17) is 0 Å². The van der Waals surface area contributed by atoms with Crippen LogP contribution in [0, 0.1) is 28.5 Å². The smallest absolute Gasteiger partial charge is 0.125 e. The van der Waals surface area contributed by atoms with Gasteiger partial charge in [-0.3, -0.25) is 0 Å². The first-order chi connectivity index (χ1) is 16.2. The molecule has 1 heterocycles. The first-order valence-corrected chi connectivity index (χ1v) is 10.9. The fourth-order valence-corrected chi connectivity index (χ4v) is 4.63. The van der Waals surface area contributed by atoms with Crippen LogP contribution >= 0.6 is 0 Å². The van der Waals surface area contributed by atoms with Gasteiger partial charge in [0.05, 0.1) is 23.3 Å². The van der Waals surface area contributed by atoms with E-state index in [2.05, 4.69) is 53.4 Å². The Kier molecular flexibility index (Phi) is 5.35. The Bertz CT molecular complexity index is 1340. The highest BCUT2D eigenvalue weighted by Crippen LogP contribution is 2.41. The molecule has 4 aromatic rings. The Labute approximate surface area is 192 Å². The third kappa shape index (κ3) is 3.73. The van der Waals surface area contributed by atoms with Gasteiger partial charge in [-0.25, -0.2) is 4.39 Å². The second-order valence-corrected chi connectivity index (χ2v) is 8.09. The minimum Gasteiger partial charge on any atom is -0.310 e. The van der Waals surface area contributed by atoms with Crippen molar-refractivity contribution in [2.75, 3.05) is 4.90 Å². The monoisotopic (exact) mass is 429 g/mol. The molecule has 0 aromatic heterocycles. The average Bonchev–Trinajstić information content (AvgIpc) is 2.84. The quantitative estimate of drug-likeness (QED) is 0.339. The molecule has 0 saturated carbocycles. The maximum absolute atomic E-state index is 13.8. The molecule has 1 aliphatic rings. The third-order valence-corrected chi connectivity index (χ3v) is 6.12. The van der Waals surface area contributed by atoms with Gasteiger partial charge in [-0.05, 0) is 72.4 Å². The van der Waals surface area contributed by atoms with Gasteiger partial charge in [0.2, 0.25) is 0 Å². The zero-order chi connectivity index (χ0) is 22.8. The largest absolute Gasteiger partial charge is 0.310 e. The summed E-state index contributed by atoms with van der Waals surface area (Å²) in [6.45, 7) is 0. The van der Waals surface area contributed by atoms with E-state index in [0.29, 0.717) is 11.1 Å². The summed E-state index contributed by atoms with van der Waals surface area (Å²) in [6, 6.07) is 31.1. The van der Waals surface area contributed by atoms with Crippen molar-refractivity contribution in [1.29, 1.82) is 10.5 Å². The Morgan fingerprint density at radius 1 is 0.697 bits per heavy atom. The number of hydrogen-bond donors (Lipinski definition) is 0. The first-order valence-electron chi connectivity index (χ1n) is 10.9. The molecule has 0 radical (unpaired) electrons. The molecule has 0 bridgehead atoms. The lowest BCUT2D eigenvalue weighted by Gasteiger charge is -2.31. The molecule has 5 rings (SSSR count). The molecule has 0 unspecified atom stereocenters. The minimum atomic E-state index is -0.586. The average molecular weight is 429 g/mol. The van der Waals surface area contributed by atoms with Crippen LogP contribution in [0.2, 0.25) is 0 Å². The number of halogens is 1. The Hall–Kier alpha value is -4.41. The molecular weight excluding hydrogens is 409 g/mol. The Morgan fingerprint density at radius 2 is 1.21 bits per heavy atom. The van der Waals surface area contributed by atoms with Crippen LogP contribution in [0.5, 0.6) is 0 Å². The fourth-order valence-electron chi connectivity index (χ4n) is 4.63. The highest BCUT2D eigenvalue weighted by Gasteiger charge is 2.21. The van der Waals surface area contributed by atoms with Crippen molar-refractivity contribution in [3.05, 3.63) is 113 Å². The molecule has 0 saturated heterocycles. The summed E-state index contributed by atoms with van der Waals surface area (Å²) in [6.07, 6.45) is 3.11. The number of nitriles is 2. The number of anilines is 3. The molecule has 0 N–H and O–H groups in total. The van der Waals surface area contributed by atoms with Crippen LogP contribution < -0.4 is 4.90 Å². The number of aryl methyl sites for hydroxylation is 2. The van der Waals surface area contributed by atoms with Crippen LogP contribution in [-0.4, -0.2) is 0 Å². The van der Waals surface area contributed by atoms with E-state index in [1.54, 1.807) is 0 Å². The standard InChI is InChI=1S/C29H20FN3/c30-25-16-23(18-31)29(24(17-25)19-32)22-12-14-26(15-13-22)33-27-10-3-1-6-20(27)8-5-9-21-7-2-4-11-28(21)33/h1-4,6-7,10-17H,5,8-9H2. The number of nitrogens with zero attached hydrogens (tertiary/aromatic N) is 3. The normalized spacial score (nSPS) is 12.5. The summed E-state index contributed by atoms with van der Waals surface area (Å²) in [5.74, 6) is -0.586. The zero-order valence-electron chi connectivity index (χ0n) is 17.9. The molecule has 158 valence electrons. The van der Waals surface area contributed by atoms with Crippen LogP contribution in [0.15, 0.2) is 84.9 Å². The number of hydrogen-bond acceptors (Lipinski definition) is 3. The number of fused-ring (bicyclic) bond motifs is 2. The summed E-state index contributed by atoms with van der Waals surface area (Å²) in [5.41, 5.74) is 7.36.